The number of anilines is 2. The van der Waals surface area contributed by atoms with Crippen LogP contribution in [0.4, 0.5) is 15.9 Å². The van der Waals surface area contributed by atoms with Gasteiger partial charge in [0.15, 0.2) is 11.0 Å². The molecule has 100 valence electrons. The van der Waals surface area contributed by atoms with E-state index in [0.29, 0.717) is 0 Å². The Morgan fingerprint density at radius 3 is 2.53 bits per heavy atom. The molecule has 1 aromatic heterocycles. The maximum absolute atomic E-state index is 13.6. The van der Waals surface area contributed by atoms with Crippen LogP contribution in [-0.2, 0) is 10.0 Å². The Bertz CT molecular complexity index is 706. The van der Waals surface area contributed by atoms with Gasteiger partial charge in [-0.25, -0.2) is 12.8 Å². The molecule has 2 rings (SSSR count). The number of sulfonamides is 1. The van der Waals surface area contributed by atoms with Gasteiger partial charge in [0.25, 0.3) is 10.0 Å². The van der Waals surface area contributed by atoms with Gasteiger partial charge in [-0.05, 0) is 30.3 Å². The highest BCUT2D eigenvalue weighted by molar-refractivity contribution is 7.92. The van der Waals surface area contributed by atoms with Crippen molar-refractivity contribution in [2.24, 2.45) is 0 Å². The Hall–Kier alpha value is -1.93. The minimum Gasteiger partial charge on any atom is -0.399 e. The molecule has 1 aromatic carbocycles. The molecule has 0 radical (unpaired) electrons. The zero-order valence-electron chi connectivity index (χ0n) is 9.34. The fraction of sp³-hybridized carbons (Fsp3) is 0. The van der Waals surface area contributed by atoms with Crippen LogP contribution in [0.15, 0.2) is 35.2 Å². The van der Waals surface area contributed by atoms with Crippen molar-refractivity contribution in [3.8, 4) is 0 Å². The van der Waals surface area contributed by atoms with E-state index < -0.39 is 20.7 Å². The number of aromatic nitrogens is 2. The normalized spacial score (nSPS) is 11.3. The lowest BCUT2D eigenvalue weighted by Crippen LogP contribution is -2.15. The van der Waals surface area contributed by atoms with E-state index in [0.717, 1.165) is 12.1 Å². The van der Waals surface area contributed by atoms with Crippen LogP contribution in [0.25, 0.3) is 0 Å². The van der Waals surface area contributed by atoms with Gasteiger partial charge in [-0.1, -0.05) is 11.6 Å². The third-order valence-corrected chi connectivity index (χ3v) is 3.71. The topological polar surface area (TPSA) is 98.0 Å². The van der Waals surface area contributed by atoms with Crippen LogP contribution in [0.3, 0.4) is 0 Å². The van der Waals surface area contributed by atoms with Crippen LogP contribution < -0.4 is 10.5 Å². The monoisotopic (exact) mass is 302 g/mol. The summed E-state index contributed by atoms with van der Waals surface area (Å²) in [4.78, 5) is -0.529. The van der Waals surface area contributed by atoms with Crippen molar-refractivity contribution in [3.63, 3.8) is 0 Å². The molecule has 0 aliphatic carbocycles. The average Bonchev–Trinajstić information content (AvgIpc) is 2.31. The van der Waals surface area contributed by atoms with Gasteiger partial charge < -0.3 is 5.73 Å². The molecule has 0 unspecified atom stereocenters. The Morgan fingerprint density at radius 1 is 1.21 bits per heavy atom. The van der Waals surface area contributed by atoms with Crippen LogP contribution in [0.5, 0.6) is 0 Å². The van der Waals surface area contributed by atoms with Crippen LogP contribution in [0.2, 0.25) is 5.15 Å². The maximum Gasteiger partial charge on any atom is 0.266 e. The minimum absolute atomic E-state index is 0.0689. The zero-order valence-corrected chi connectivity index (χ0v) is 10.9. The van der Waals surface area contributed by atoms with Crippen molar-refractivity contribution in [2.45, 2.75) is 4.90 Å². The summed E-state index contributed by atoms with van der Waals surface area (Å²) >= 11 is 5.52. The minimum atomic E-state index is -4.10. The van der Waals surface area contributed by atoms with E-state index in [4.69, 9.17) is 17.3 Å². The SMILES string of the molecule is Nc1ccc(S(=O)(=O)Nc2ccc(Cl)nn2)c(F)c1. The molecule has 0 amide bonds. The molecule has 1 heterocycles. The fourth-order valence-corrected chi connectivity index (χ4v) is 2.46. The summed E-state index contributed by atoms with van der Waals surface area (Å²) in [5.41, 5.74) is 5.48. The Kier molecular flexibility index (Phi) is 3.54. The van der Waals surface area contributed by atoms with Gasteiger partial charge in [-0.15, -0.1) is 10.2 Å². The van der Waals surface area contributed by atoms with Crippen LogP contribution >= 0.6 is 11.6 Å². The fourth-order valence-electron chi connectivity index (χ4n) is 1.30. The third kappa shape index (κ3) is 3.09. The summed E-state index contributed by atoms with van der Waals surface area (Å²) in [6.45, 7) is 0. The van der Waals surface area contributed by atoms with Crippen molar-refractivity contribution >= 4 is 33.1 Å². The quantitative estimate of drug-likeness (QED) is 0.840. The average molecular weight is 303 g/mol. The molecule has 9 heteroatoms. The lowest BCUT2D eigenvalue weighted by Gasteiger charge is -2.07. The number of hydrogen-bond donors (Lipinski definition) is 2. The number of nitrogens with two attached hydrogens (primary N) is 1. The number of nitrogens with one attached hydrogen (secondary N) is 1. The first-order chi connectivity index (χ1) is 8.88. The molecule has 19 heavy (non-hydrogen) atoms. The van der Waals surface area contributed by atoms with Gasteiger partial charge in [0, 0.05) is 5.69 Å². The third-order valence-electron chi connectivity index (χ3n) is 2.12. The van der Waals surface area contributed by atoms with E-state index in [1.807, 2.05) is 0 Å². The highest BCUT2D eigenvalue weighted by atomic mass is 35.5. The van der Waals surface area contributed by atoms with E-state index in [1.54, 1.807) is 0 Å². The lowest BCUT2D eigenvalue weighted by molar-refractivity contribution is 0.570. The van der Waals surface area contributed by atoms with Crippen LogP contribution in [0.1, 0.15) is 0 Å². The highest BCUT2D eigenvalue weighted by Crippen LogP contribution is 2.19. The molecule has 6 nitrogen and oxygen atoms in total. The molecule has 0 spiro atoms. The Labute approximate surface area is 113 Å². The van der Waals surface area contributed by atoms with Crippen molar-refractivity contribution in [1.29, 1.82) is 0 Å². The molecule has 3 N–H and O–H groups in total. The summed E-state index contributed by atoms with van der Waals surface area (Å²) in [6.07, 6.45) is 0. The standard InChI is InChI=1S/C10H8ClFN4O2S/c11-9-3-4-10(15-14-9)16-19(17,18)8-2-1-6(13)5-7(8)12/h1-5H,13H2,(H,15,16). The van der Waals surface area contributed by atoms with Crippen LogP contribution in [0, 0.1) is 5.82 Å². The van der Waals surface area contributed by atoms with Crippen molar-refractivity contribution in [1.82, 2.24) is 10.2 Å². The number of nitrogen functional groups attached to an aromatic ring is 1. The van der Waals surface area contributed by atoms with E-state index >= 15 is 0 Å². The first-order valence-electron chi connectivity index (χ1n) is 4.95. The molecule has 2 aromatic rings. The summed E-state index contributed by atoms with van der Waals surface area (Å²) in [6, 6.07) is 5.93. The largest absolute Gasteiger partial charge is 0.399 e. The highest BCUT2D eigenvalue weighted by Gasteiger charge is 2.19. The predicted molar refractivity (Wildman–Crippen MR) is 68.7 cm³/mol. The van der Waals surface area contributed by atoms with Gasteiger partial charge in [0.2, 0.25) is 0 Å². The number of nitrogens with zero attached hydrogens (tertiary/aromatic N) is 2. The van der Waals surface area contributed by atoms with Crippen molar-refractivity contribution in [3.05, 3.63) is 41.3 Å². The first kappa shape index (κ1) is 13.5. The van der Waals surface area contributed by atoms with Gasteiger partial charge in [-0.3, -0.25) is 4.72 Å². The molecule has 0 saturated carbocycles. The second-order valence-electron chi connectivity index (χ2n) is 3.54. The van der Waals surface area contributed by atoms with Crippen molar-refractivity contribution < 1.29 is 12.8 Å². The molecule has 0 bridgehead atoms. The molecular weight excluding hydrogens is 295 g/mol. The van der Waals surface area contributed by atoms with E-state index in [-0.39, 0.29) is 16.7 Å². The Balaban J connectivity index is 2.35. The second-order valence-corrected chi connectivity index (χ2v) is 5.57. The zero-order chi connectivity index (χ0) is 14.0. The summed E-state index contributed by atoms with van der Waals surface area (Å²) in [5, 5.41) is 7.10. The van der Waals surface area contributed by atoms with Gasteiger partial charge in [-0.2, -0.15) is 0 Å². The predicted octanol–water partition coefficient (Wildman–Crippen LogP) is 1.65. The van der Waals surface area contributed by atoms with E-state index in [9.17, 15) is 12.8 Å². The van der Waals surface area contributed by atoms with E-state index in [2.05, 4.69) is 14.9 Å². The second kappa shape index (κ2) is 4.98. The van der Waals surface area contributed by atoms with Gasteiger partial charge in [0.1, 0.15) is 10.7 Å². The molecule has 0 atom stereocenters. The molecule has 0 fully saturated rings. The van der Waals surface area contributed by atoms with Crippen molar-refractivity contribution in [2.75, 3.05) is 10.5 Å². The first-order valence-corrected chi connectivity index (χ1v) is 6.82. The summed E-state index contributed by atoms with van der Waals surface area (Å²) in [7, 11) is -4.10. The lowest BCUT2D eigenvalue weighted by atomic mass is 10.3. The Morgan fingerprint density at radius 2 is 1.95 bits per heavy atom. The molecule has 0 saturated heterocycles. The number of rotatable bonds is 3. The van der Waals surface area contributed by atoms with E-state index in [1.165, 1.54) is 18.2 Å². The van der Waals surface area contributed by atoms with Gasteiger partial charge in [0.05, 0.1) is 0 Å². The smallest absolute Gasteiger partial charge is 0.266 e. The molecular formula is C10H8ClFN4O2S. The number of hydrogen-bond acceptors (Lipinski definition) is 5. The maximum atomic E-state index is 13.6. The molecule has 0 aliphatic heterocycles. The number of benzene rings is 1. The van der Waals surface area contributed by atoms with Crippen LogP contribution in [-0.4, -0.2) is 18.6 Å². The molecule has 0 aliphatic rings. The summed E-state index contributed by atoms with van der Waals surface area (Å²) < 4.78 is 39.5. The van der Waals surface area contributed by atoms with Gasteiger partial charge >= 0.3 is 0 Å². The number of halogens is 2. The summed E-state index contributed by atoms with van der Waals surface area (Å²) in [5.74, 6) is -1.02.